The van der Waals surface area contributed by atoms with Gasteiger partial charge in [-0.3, -0.25) is 4.79 Å². The van der Waals surface area contributed by atoms with Crippen molar-refractivity contribution in [3.63, 3.8) is 0 Å². The Labute approximate surface area is 123 Å². The van der Waals surface area contributed by atoms with Crippen molar-refractivity contribution in [1.82, 2.24) is 13.9 Å². The topological polar surface area (TPSA) is 102 Å². The molecule has 1 saturated heterocycles. The number of rotatable bonds is 5. The molecule has 1 fully saturated rings. The van der Waals surface area contributed by atoms with Crippen LogP contribution in [0, 0.1) is 6.92 Å². The third-order valence-corrected chi connectivity index (χ3v) is 5.45. The summed E-state index contributed by atoms with van der Waals surface area (Å²) in [6.45, 7) is 4.20. The Morgan fingerprint density at radius 3 is 2.71 bits per heavy atom. The van der Waals surface area contributed by atoms with Crippen molar-refractivity contribution in [1.29, 1.82) is 0 Å². The first-order valence-electron chi connectivity index (χ1n) is 6.62. The zero-order chi connectivity index (χ0) is 15.8. The zero-order valence-electron chi connectivity index (χ0n) is 12.2. The van der Waals surface area contributed by atoms with Gasteiger partial charge in [-0.25, -0.2) is 13.4 Å². The quantitative estimate of drug-likeness (QED) is 0.825. The van der Waals surface area contributed by atoms with Crippen LogP contribution in [0.5, 0.6) is 0 Å². The third-order valence-electron chi connectivity index (χ3n) is 3.70. The van der Waals surface area contributed by atoms with Gasteiger partial charge in [0, 0.05) is 32.8 Å². The summed E-state index contributed by atoms with van der Waals surface area (Å²) < 4.78 is 33.0. The van der Waals surface area contributed by atoms with Crippen molar-refractivity contribution in [2.45, 2.75) is 44.0 Å². The smallest absolute Gasteiger partial charge is 0.322 e. The Bertz CT molecular complexity index is 639. The fraction of sp³-hybridized carbons (Fsp3) is 0.667. The van der Waals surface area contributed by atoms with Gasteiger partial charge >= 0.3 is 5.97 Å². The van der Waals surface area contributed by atoms with Crippen molar-refractivity contribution in [3.8, 4) is 0 Å². The molecule has 0 aromatic carbocycles. The lowest BCUT2D eigenvalue weighted by Gasteiger charge is -2.19. The summed E-state index contributed by atoms with van der Waals surface area (Å²) in [5.41, 5.74) is 0. The van der Waals surface area contributed by atoms with Gasteiger partial charge in [-0.15, -0.1) is 0 Å². The van der Waals surface area contributed by atoms with Crippen molar-refractivity contribution in [2.75, 3.05) is 13.7 Å². The van der Waals surface area contributed by atoms with Crippen molar-refractivity contribution in [2.24, 2.45) is 0 Å². The summed E-state index contributed by atoms with van der Waals surface area (Å²) in [4.78, 5) is 15.3. The number of methoxy groups -OCH3 is 1. The minimum atomic E-state index is -3.95. The molecular formula is C12H19N3O5S. The second-order valence-electron chi connectivity index (χ2n) is 4.93. The predicted octanol–water partition coefficient (Wildman–Crippen LogP) is 0.0740. The maximum absolute atomic E-state index is 12.6. The summed E-state index contributed by atoms with van der Waals surface area (Å²) in [7, 11) is -2.51. The minimum absolute atomic E-state index is 0.0217. The van der Waals surface area contributed by atoms with Crippen molar-refractivity contribution >= 4 is 16.0 Å². The molecule has 2 atom stereocenters. The lowest BCUT2D eigenvalue weighted by Crippen LogP contribution is -2.40. The maximum atomic E-state index is 12.6. The molecule has 9 heteroatoms. The highest BCUT2D eigenvalue weighted by atomic mass is 32.2. The van der Waals surface area contributed by atoms with Crippen LogP contribution in [0.1, 0.15) is 19.2 Å². The molecule has 21 heavy (non-hydrogen) atoms. The Balaban J connectivity index is 2.39. The molecule has 0 radical (unpaired) electrons. The van der Waals surface area contributed by atoms with Crippen LogP contribution in [0.3, 0.4) is 0 Å². The van der Waals surface area contributed by atoms with Crippen LogP contribution in [0.2, 0.25) is 0 Å². The van der Waals surface area contributed by atoms with E-state index in [2.05, 4.69) is 4.98 Å². The Kier molecular flexibility index (Phi) is 4.35. The number of carboxylic acids is 1. The van der Waals surface area contributed by atoms with Crippen molar-refractivity contribution < 1.29 is 23.1 Å². The molecule has 1 N–H and O–H groups in total. The first-order valence-corrected chi connectivity index (χ1v) is 8.06. The number of imidazole rings is 1. The highest BCUT2D eigenvalue weighted by Gasteiger charge is 2.45. The lowest BCUT2D eigenvalue weighted by molar-refractivity contribution is -0.140. The van der Waals surface area contributed by atoms with Crippen LogP contribution in [-0.2, 0) is 26.1 Å². The number of hydrogen-bond donors (Lipinski definition) is 1. The van der Waals surface area contributed by atoms with Crippen LogP contribution < -0.4 is 0 Å². The highest BCUT2D eigenvalue weighted by molar-refractivity contribution is 7.89. The van der Waals surface area contributed by atoms with Crippen LogP contribution in [0.4, 0.5) is 0 Å². The van der Waals surface area contributed by atoms with E-state index in [0.717, 1.165) is 4.31 Å². The van der Waals surface area contributed by atoms with E-state index >= 15 is 0 Å². The largest absolute Gasteiger partial charge is 0.480 e. The van der Waals surface area contributed by atoms with Crippen LogP contribution in [0.15, 0.2) is 11.2 Å². The van der Waals surface area contributed by atoms with Crippen LogP contribution in [-0.4, -0.2) is 59.2 Å². The van der Waals surface area contributed by atoms with E-state index in [1.54, 1.807) is 11.5 Å². The number of aromatic nitrogens is 2. The third kappa shape index (κ3) is 2.81. The molecule has 1 aliphatic rings. The summed E-state index contributed by atoms with van der Waals surface area (Å²) in [6.07, 6.45) is 1.15. The van der Waals surface area contributed by atoms with E-state index in [0.29, 0.717) is 12.4 Å². The molecule has 2 unspecified atom stereocenters. The van der Waals surface area contributed by atoms with Crippen LogP contribution in [0.25, 0.3) is 0 Å². The molecule has 1 aromatic heterocycles. The van der Waals surface area contributed by atoms with Gasteiger partial charge < -0.3 is 14.4 Å². The molecule has 0 amide bonds. The van der Waals surface area contributed by atoms with Gasteiger partial charge in [0.2, 0.25) is 0 Å². The van der Waals surface area contributed by atoms with E-state index < -0.39 is 28.1 Å². The van der Waals surface area contributed by atoms with Gasteiger partial charge in [0.25, 0.3) is 10.0 Å². The van der Waals surface area contributed by atoms with Gasteiger partial charge in [-0.05, 0) is 13.8 Å². The van der Waals surface area contributed by atoms with Gasteiger partial charge in [-0.2, -0.15) is 4.31 Å². The Hall–Kier alpha value is -1.45. The summed E-state index contributed by atoms with van der Waals surface area (Å²) in [5, 5.41) is 9.11. The number of aryl methyl sites for hydroxylation is 2. The SMILES string of the molecule is CCn1cc(S(=O)(=O)N2CC(OC)CC2C(=O)O)nc1C. The summed E-state index contributed by atoms with van der Waals surface area (Å²) in [5.74, 6) is -0.602. The second kappa shape index (κ2) is 5.74. The van der Waals surface area contributed by atoms with Crippen LogP contribution >= 0.6 is 0 Å². The van der Waals surface area contributed by atoms with E-state index in [4.69, 9.17) is 4.74 Å². The van der Waals surface area contributed by atoms with E-state index in [9.17, 15) is 18.3 Å². The first-order chi connectivity index (χ1) is 9.81. The van der Waals surface area contributed by atoms with Crippen molar-refractivity contribution in [3.05, 3.63) is 12.0 Å². The standard InChI is InChI=1S/C12H19N3O5S/c1-4-14-7-11(13-8(14)2)21(18,19)15-6-9(20-3)5-10(15)12(16)17/h7,9-10H,4-6H2,1-3H3,(H,16,17). The minimum Gasteiger partial charge on any atom is -0.480 e. The summed E-state index contributed by atoms with van der Waals surface area (Å²) >= 11 is 0. The van der Waals surface area contributed by atoms with Gasteiger partial charge in [-0.1, -0.05) is 0 Å². The lowest BCUT2D eigenvalue weighted by atomic mass is 10.2. The second-order valence-corrected chi connectivity index (χ2v) is 6.77. The molecule has 8 nitrogen and oxygen atoms in total. The molecule has 0 bridgehead atoms. The monoisotopic (exact) mass is 317 g/mol. The maximum Gasteiger partial charge on any atom is 0.322 e. The number of sulfonamides is 1. The number of hydrogen-bond acceptors (Lipinski definition) is 5. The average Bonchev–Trinajstić information content (AvgIpc) is 3.02. The number of ether oxygens (including phenoxy) is 1. The number of nitrogens with zero attached hydrogens (tertiary/aromatic N) is 3. The van der Waals surface area contributed by atoms with E-state index in [1.165, 1.54) is 13.3 Å². The fourth-order valence-corrected chi connectivity index (χ4v) is 4.10. The molecular weight excluding hydrogens is 298 g/mol. The molecule has 2 heterocycles. The highest BCUT2D eigenvalue weighted by Crippen LogP contribution is 2.27. The molecule has 2 rings (SSSR count). The Morgan fingerprint density at radius 2 is 2.24 bits per heavy atom. The average molecular weight is 317 g/mol. The number of carboxylic acid groups (broad SMARTS) is 1. The molecule has 0 saturated carbocycles. The normalized spacial score (nSPS) is 23.6. The number of aliphatic carboxylic acids is 1. The zero-order valence-corrected chi connectivity index (χ0v) is 13.0. The van der Waals surface area contributed by atoms with Gasteiger partial charge in [0.15, 0.2) is 5.03 Å². The molecule has 118 valence electrons. The predicted molar refractivity (Wildman–Crippen MR) is 73.4 cm³/mol. The van der Waals surface area contributed by atoms with Gasteiger partial charge in [0.05, 0.1) is 6.10 Å². The molecule has 1 aromatic rings. The van der Waals surface area contributed by atoms with Gasteiger partial charge in [0.1, 0.15) is 11.9 Å². The summed E-state index contributed by atoms with van der Waals surface area (Å²) in [6, 6.07) is -1.12. The fourth-order valence-electron chi connectivity index (χ4n) is 2.47. The first kappa shape index (κ1) is 15.9. The van der Waals surface area contributed by atoms with E-state index in [-0.39, 0.29) is 18.0 Å². The molecule has 1 aliphatic heterocycles. The molecule has 0 aliphatic carbocycles. The van der Waals surface area contributed by atoms with E-state index in [1.807, 2.05) is 6.92 Å². The number of carbonyl (C=O) groups is 1. The Morgan fingerprint density at radius 1 is 1.57 bits per heavy atom. The molecule has 0 spiro atoms.